The molecule has 168 valence electrons. The Hall–Kier alpha value is -2.64. The first-order chi connectivity index (χ1) is 15.6. The highest BCUT2D eigenvalue weighted by Crippen LogP contribution is 2.22. The van der Waals surface area contributed by atoms with Crippen LogP contribution < -0.4 is 5.32 Å². The molecule has 1 N–H and O–H groups in total. The van der Waals surface area contributed by atoms with Crippen LogP contribution in [-0.4, -0.2) is 46.3 Å². The summed E-state index contributed by atoms with van der Waals surface area (Å²) in [4.78, 5) is 20.6. The number of hydrogen-bond acceptors (Lipinski definition) is 6. The van der Waals surface area contributed by atoms with Gasteiger partial charge in [-0.15, -0.1) is 11.8 Å². The number of nitrogens with one attached hydrogen (secondary N) is 1. The van der Waals surface area contributed by atoms with E-state index in [1.807, 2.05) is 31.2 Å². The number of aromatic nitrogens is 2. The summed E-state index contributed by atoms with van der Waals surface area (Å²) in [5, 5.41) is 7.25. The quantitative estimate of drug-likeness (QED) is 0.403. The first-order valence-corrected chi connectivity index (χ1v) is 12.1. The number of likely N-dealkylation sites (tertiary alicyclic amines) is 1. The largest absolute Gasteiger partial charge is 0.355 e. The number of amides is 1. The zero-order valence-electron chi connectivity index (χ0n) is 18.7. The van der Waals surface area contributed by atoms with Crippen molar-refractivity contribution in [2.75, 3.05) is 25.4 Å². The van der Waals surface area contributed by atoms with Crippen LogP contribution in [0.3, 0.4) is 0 Å². The molecular formula is C25H30N4O2S. The first kappa shape index (κ1) is 22.6. The molecule has 0 saturated carbocycles. The Morgan fingerprint density at radius 1 is 1.12 bits per heavy atom. The Morgan fingerprint density at radius 2 is 1.88 bits per heavy atom. The van der Waals surface area contributed by atoms with E-state index in [1.54, 1.807) is 11.8 Å². The molecule has 32 heavy (non-hydrogen) atoms. The SMILES string of the molecule is Cc1ccc(SCCNC(=O)C2CCN(Cc3nc(-c4ccccc4C)no3)CC2)cc1. The summed E-state index contributed by atoms with van der Waals surface area (Å²) in [7, 11) is 0. The van der Waals surface area contributed by atoms with Crippen molar-refractivity contribution >= 4 is 17.7 Å². The maximum absolute atomic E-state index is 12.5. The molecule has 0 radical (unpaired) electrons. The van der Waals surface area contributed by atoms with E-state index in [0.717, 1.165) is 42.8 Å². The first-order valence-electron chi connectivity index (χ1n) is 11.2. The number of thioether (sulfide) groups is 1. The number of nitrogens with zero attached hydrogens (tertiary/aromatic N) is 3. The van der Waals surface area contributed by atoms with Crippen LogP contribution >= 0.6 is 11.8 Å². The van der Waals surface area contributed by atoms with E-state index < -0.39 is 0 Å². The van der Waals surface area contributed by atoms with Gasteiger partial charge in [-0.1, -0.05) is 47.1 Å². The van der Waals surface area contributed by atoms with Crippen LogP contribution in [-0.2, 0) is 11.3 Å². The van der Waals surface area contributed by atoms with Gasteiger partial charge >= 0.3 is 0 Å². The summed E-state index contributed by atoms with van der Waals surface area (Å²) < 4.78 is 5.48. The molecule has 4 rings (SSSR count). The van der Waals surface area contributed by atoms with Gasteiger partial charge in [0.15, 0.2) is 0 Å². The molecule has 2 aromatic carbocycles. The molecule has 3 aromatic rings. The minimum Gasteiger partial charge on any atom is -0.355 e. The second-order valence-corrected chi connectivity index (χ2v) is 9.50. The fourth-order valence-corrected chi connectivity index (χ4v) is 4.69. The lowest BCUT2D eigenvalue weighted by Crippen LogP contribution is -2.40. The van der Waals surface area contributed by atoms with Crippen LogP contribution in [0, 0.1) is 19.8 Å². The number of aryl methyl sites for hydroxylation is 2. The highest BCUT2D eigenvalue weighted by molar-refractivity contribution is 7.99. The molecule has 7 heteroatoms. The van der Waals surface area contributed by atoms with Gasteiger partial charge in [-0.25, -0.2) is 0 Å². The number of hydrogen-bond donors (Lipinski definition) is 1. The third kappa shape index (κ3) is 5.99. The van der Waals surface area contributed by atoms with Gasteiger partial charge in [0.05, 0.1) is 6.54 Å². The van der Waals surface area contributed by atoms with E-state index in [1.165, 1.54) is 10.5 Å². The van der Waals surface area contributed by atoms with Crippen molar-refractivity contribution in [3.63, 3.8) is 0 Å². The molecule has 0 unspecified atom stereocenters. The highest BCUT2D eigenvalue weighted by Gasteiger charge is 2.25. The van der Waals surface area contributed by atoms with Crippen LogP contribution in [0.25, 0.3) is 11.4 Å². The Bertz CT molecular complexity index is 1030. The zero-order valence-corrected chi connectivity index (χ0v) is 19.5. The summed E-state index contributed by atoms with van der Waals surface area (Å²) in [5.41, 5.74) is 3.39. The van der Waals surface area contributed by atoms with Crippen molar-refractivity contribution in [2.45, 2.75) is 38.1 Å². The molecule has 1 amide bonds. The maximum Gasteiger partial charge on any atom is 0.241 e. The van der Waals surface area contributed by atoms with Gasteiger partial charge in [0.25, 0.3) is 0 Å². The Morgan fingerprint density at radius 3 is 2.62 bits per heavy atom. The number of benzene rings is 2. The molecule has 0 spiro atoms. The predicted molar refractivity (Wildman–Crippen MR) is 127 cm³/mol. The van der Waals surface area contributed by atoms with Crippen molar-refractivity contribution in [3.05, 3.63) is 65.5 Å². The van der Waals surface area contributed by atoms with Gasteiger partial charge in [0, 0.05) is 28.7 Å². The predicted octanol–water partition coefficient (Wildman–Crippen LogP) is 4.47. The number of piperidine rings is 1. The van der Waals surface area contributed by atoms with Gasteiger partial charge in [0.1, 0.15) is 0 Å². The number of rotatable bonds is 8. The van der Waals surface area contributed by atoms with E-state index in [-0.39, 0.29) is 11.8 Å². The van der Waals surface area contributed by atoms with Crippen LogP contribution in [0.4, 0.5) is 0 Å². The lowest BCUT2D eigenvalue weighted by Gasteiger charge is -2.30. The molecule has 2 heterocycles. The average molecular weight is 451 g/mol. The normalized spacial score (nSPS) is 15.1. The average Bonchev–Trinajstić information content (AvgIpc) is 3.27. The van der Waals surface area contributed by atoms with E-state index in [9.17, 15) is 4.79 Å². The second-order valence-electron chi connectivity index (χ2n) is 8.33. The van der Waals surface area contributed by atoms with Crippen molar-refractivity contribution in [1.29, 1.82) is 0 Å². The molecule has 1 aromatic heterocycles. The standard InChI is InChI=1S/C25H30N4O2S/c1-18-7-9-21(10-8-18)32-16-13-26-25(30)20-11-14-29(15-12-20)17-23-27-24(28-31-23)22-6-4-3-5-19(22)2/h3-10,20H,11-17H2,1-2H3,(H,26,30). The van der Waals surface area contributed by atoms with Crippen molar-refractivity contribution in [3.8, 4) is 11.4 Å². The van der Waals surface area contributed by atoms with Crippen LogP contribution in [0.1, 0.15) is 29.9 Å². The van der Waals surface area contributed by atoms with Crippen LogP contribution in [0.5, 0.6) is 0 Å². The third-order valence-electron chi connectivity index (χ3n) is 5.86. The van der Waals surface area contributed by atoms with E-state index in [4.69, 9.17) is 4.52 Å². The van der Waals surface area contributed by atoms with E-state index in [2.05, 4.69) is 51.5 Å². The van der Waals surface area contributed by atoms with Gasteiger partial charge < -0.3 is 9.84 Å². The fourth-order valence-electron chi connectivity index (χ4n) is 3.92. The molecule has 0 aliphatic carbocycles. The Kier molecular flexibility index (Phi) is 7.60. The molecular weight excluding hydrogens is 420 g/mol. The monoisotopic (exact) mass is 450 g/mol. The topological polar surface area (TPSA) is 71.3 Å². The van der Waals surface area contributed by atoms with Gasteiger partial charge in [-0.3, -0.25) is 9.69 Å². The summed E-state index contributed by atoms with van der Waals surface area (Å²) in [6, 6.07) is 16.5. The molecule has 1 fully saturated rings. The molecule has 0 atom stereocenters. The Labute approximate surface area is 193 Å². The summed E-state index contributed by atoms with van der Waals surface area (Å²) in [5.74, 6) is 2.40. The van der Waals surface area contributed by atoms with Crippen molar-refractivity contribution < 1.29 is 9.32 Å². The summed E-state index contributed by atoms with van der Waals surface area (Å²) in [6.07, 6.45) is 1.71. The highest BCUT2D eigenvalue weighted by atomic mass is 32.2. The van der Waals surface area contributed by atoms with Crippen molar-refractivity contribution in [1.82, 2.24) is 20.4 Å². The second kappa shape index (κ2) is 10.8. The van der Waals surface area contributed by atoms with E-state index >= 15 is 0 Å². The molecule has 6 nitrogen and oxygen atoms in total. The minimum absolute atomic E-state index is 0.0841. The van der Waals surface area contributed by atoms with Crippen LogP contribution in [0.2, 0.25) is 0 Å². The van der Waals surface area contributed by atoms with Crippen molar-refractivity contribution in [2.24, 2.45) is 5.92 Å². The summed E-state index contributed by atoms with van der Waals surface area (Å²) in [6.45, 7) is 7.17. The minimum atomic E-state index is 0.0841. The van der Waals surface area contributed by atoms with Gasteiger partial charge in [0.2, 0.25) is 17.6 Å². The molecule has 1 aliphatic rings. The maximum atomic E-state index is 12.5. The lowest BCUT2D eigenvalue weighted by molar-refractivity contribution is -0.126. The van der Waals surface area contributed by atoms with Crippen LogP contribution in [0.15, 0.2) is 57.9 Å². The van der Waals surface area contributed by atoms with Gasteiger partial charge in [-0.2, -0.15) is 4.98 Å². The number of carbonyl (C=O) groups excluding carboxylic acids is 1. The van der Waals surface area contributed by atoms with Gasteiger partial charge in [-0.05, 0) is 57.5 Å². The molecule has 0 bridgehead atoms. The van der Waals surface area contributed by atoms with E-state index in [0.29, 0.717) is 24.8 Å². The Balaban J connectivity index is 1.18. The molecule has 1 aliphatic heterocycles. The lowest BCUT2D eigenvalue weighted by atomic mass is 9.96. The number of carbonyl (C=O) groups is 1. The molecule has 1 saturated heterocycles. The fraction of sp³-hybridized carbons (Fsp3) is 0.400. The summed E-state index contributed by atoms with van der Waals surface area (Å²) >= 11 is 1.77. The zero-order chi connectivity index (χ0) is 22.3. The third-order valence-corrected chi connectivity index (χ3v) is 6.88. The smallest absolute Gasteiger partial charge is 0.241 e.